The molecule has 0 aliphatic carbocycles. The van der Waals surface area contributed by atoms with E-state index in [2.05, 4.69) is 0 Å². The number of hydrogen-bond acceptors (Lipinski definition) is 5. The molecule has 25 heavy (non-hydrogen) atoms. The monoisotopic (exact) mass is 343 g/mol. The Morgan fingerprint density at radius 1 is 1.28 bits per heavy atom. The maximum absolute atomic E-state index is 13.1. The molecule has 1 aliphatic rings. The molecule has 0 saturated heterocycles. The summed E-state index contributed by atoms with van der Waals surface area (Å²) in [5, 5.41) is 0. The predicted octanol–water partition coefficient (Wildman–Crippen LogP) is 2.69. The van der Waals surface area contributed by atoms with Crippen molar-refractivity contribution in [1.29, 1.82) is 0 Å². The SMILES string of the molecule is COc1cccc2c1OCCCN(C(=O)c1c(C)cc(=O)oc1C)C2. The molecule has 2 heterocycles. The Morgan fingerprint density at radius 2 is 2.08 bits per heavy atom. The van der Waals surface area contributed by atoms with Crippen molar-refractivity contribution in [2.24, 2.45) is 0 Å². The normalized spacial score (nSPS) is 14.1. The van der Waals surface area contributed by atoms with Gasteiger partial charge in [-0.2, -0.15) is 0 Å². The lowest BCUT2D eigenvalue weighted by Gasteiger charge is -2.28. The lowest BCUT2D eigenvalue weighted by Crippen LogP contribution is -2.35. The van der Waals surface area contributed by atoms with Crippen molar-refractivity contribution in [3.8, 4) is 11.5 Å². The quantitative estimate of drug-likeness (QED) is 0.838. The van der Waals surface area contributed by atoms with Gasteiger partial charge < -0.3 is 18.8 Å². The Kier molecular flexibility index (Phi) is 4.79. The van der Waals surface area contributed by atoms with Crippen molar-refractivity contribution < 1.29 is 18.7 Å². The first-order valence-electron chi connectivity index (χ1n) is 8.20. The van der Waals surface area contributed by atoms with Crippen LogP contribution in [0, 0.1) is 13.8 Å². The summed E-state index contributed by atoms with van der Waals surface area (Å²) in [6.07, 6.45) is 0.706. The first-order valence-corrected chi connectivity index (χ1v) is 8.20. The van der Waals surface area contributed by atoms with E-state index in [1.54, 1.807) is 25.9 Å². The summed E-state index contributed by atoms with van der Waals surface area (Å²) in [5.41, 5.74) is 1.52. The highest BCUT2D eigenvalue weighted by Crippen LogP contribution is 2.33. The number of para-hydroxylation sites is 1. The van der Waals surface area contributed by atoms with E-state index in [1.165, 1.54) is 6.07 Å². The molecule has 0 bridgehead atoms. The van der Waals surface area contributed by atoms with Gasteiger partial charge in [-0.05, 0) is 31.9 Å². The summed E-state index contributed by atoms with van der Waals surface area (Å²) in [4.78, 5) is 26.3. The summed E-state index contributed by atoms with van der Waals surface area (Å²) in [6.45, 7) is 4.86. The van der Waals surface area contributed by atoms with Crippen molar-refractivity contribution in [2.45, 2.75) is 26.8 Å². The molecule has 2 aromatic rings. The minimum Gasteiger partial charge on any atom is -0.493 e. The fourth-order valence-corrected chi connectivity index (χ4v) is 3.13. The lowest BCUT2D eigenvalue weighted by atomic mass is 10.1. The molecule has 0 radical (unpaired) electrons. The maximum Gasteiger partial charge on any atom is 0.336 e. The first-order chi connectivity index (χ1) is 12.0. The Bertz CT molecular complexity index is 829. The Labute approximate surface area is 146 Å². The highest BCUT2D eigenvalue weighted by molar-refractivity contribution is 5.96. The minimum absolute atomic E-state index is 0.144. The molecule has 1 aromatic carbocycles. The van der Waals surface area contributed by atoms with Gasteiger partial charge in [0, 0.05) is 24.7 Å². The van der Waals surface area contributed by atoms with Crippen LogP contribution in [0.15, 0.2) is 33.5 Å². The second kappa shape index (κ2) is 7.01. The molecule has 0 N–H and O–H groups in total. The van der Waals surface area contributed by atoms with Crippen LogP contribution in [0.25, 0.3) is 0 Å². The molecular weight excluding hydrogens is 322 g/mol. The van der Waals surface area contributed by atoms with Crippen LogP contribution in [-0.4, -0.2) is 31.1 Å². The molecule has 1 amide bonds. The topological polar surface area (TPSA) is 69.0 Å². The van der Waals surface area contributed by atoms with Crippen LogP contribution < -0.4 is 15.1 Å². The number of aryl methyl sites for hydroxylation is 2. The van der Waals surface area contributed by atoms with Gasteiger partial charge in [0.05, 0.1) is 19.3 Å². The summed E-state index contributed by atoms with van der Waals surface area (Å²) in [7, 11) is 1.60. The van der Waals surface area contributed by atoms with Crippen molar-refractivity contribution in [3.05, 3.63) is 57.1 Å². The van der Waals surface area contributed by atoms with E-state index >= 15 is 0 Å². The molecule has 0 saturated carbocycles. The van der Waals surface area contributed by atoms with E-state index in [1.807, 2.05) is 18.2 Å². The zero-order valence-corrected chi connectivity index (χ0v) is 14.6. The van der Waals surface area contributed by atoms with Gasteiger partial charge in [0.15, 0.2) is 11.5 Å². The summed E-state index contributed by atoms with van der Waals surface area (Å²) < 4.78 is 16.3. The Morgan fingerprint density at radius 3 is 2.80 bits per heavy atom. The number of amides is 1. The van der Waals surface area contributed by atoms with Gasteiger partial charge in [-0.15, -0.1) is 0 Å². The molecule has 132 valence electrons. The van der Waals surface area contributed by atoms with E-state index in [0.717, 1.165) is 5.56 Å². The van der Waals surface area contributed by atoms with Crippen LogP contribution in [0.1, 0.15) is 33.7 Å². The molecule has 1 aromatic heterocycles. The molecule has 0 fully saturated rings. The average molecular weight is 343 g/mol. The van der Waals surface area contributed by atoms with Crippen LogP contribution in [0.5, 0.6) is 11.5 Å². The average Bonchev–Trinajstić information content (AvgIpc) is 2.53. The molecule has 3 rings (SSSR count). The Hall–Kier alpha value is -2.76. The van der Waals surface area contributed by atoms with E-state index in [0.29, 0.717) is 54.5 Å². The third-order valence-corrected chi connectivity index (χ3v) is 4.30. The van der Waals surface area contributed by atoms with Crippen molar-refractivity contribution >= 4 is 5.91 Å². The molecule has 6 nitrogen and oxygen atoms in total. The lowest BCUT2D eigenvalue weighted by molar-refractivity contribution is 0.0716. The minimum atomic E-state index is -0.442. The third kappa shape index (κ3) is 3.38. The van der Waals surface area contributed by atoms with Crippen LogP contribution in [0.2, 0.25) is 0 Å². The van der Waals surface area contributed by atoms with Gasteiger partial charge in [0.2, 0.25) is 0 Å². The highest BCUT2D eigenvalue weighted by atomic mass is 16.5. The predicted molar refractivity (Wildman–Crippen MR) is 92.3 cm³/mol. The van der Waals surface area contributed by atoms with E-state index in [4.69, 9.17) is 13.9 Å². The van der Waals surface area contributed by atoms with Gasteiger partial charge in [-0.3, -0.25) is 4.79 Å². The third-order valence-electron chi connectivity index (χ3n) is 4.30. The molecule has 6 heteroatoms. The number of ether oxygens (including phenoxy) is 2. The fourth-order valence-electron chi connectivity index (χ4n) is 3.13. The van der Waals surface area contributed by atoms with Gasteiger partial charge in [0.1, 0.15) is 5.76 Å². The zero-order valence-electron chi connectivity index (χ0n) is 14.6. The highest BCUT2D eigenvalue weighted by Gasteiger charge is 2.25. The Balaban J connectivity index is 1.97. The second-order valence-electron chi connectivity index (χ2n) is 6.06. The standard InChI is InChI=1S/C19H21NO5/c1-12-10-16(21)25-13(2)17(12)19(22)20-8-5-9-24-18-14(11-20)6-4-7-15(18)23-3/h4,6-7,10H,5,8-9,11H2,1-3H3. The van der Waals surface area contributed by atoms with E-state index < -0.39 is 5.63 Å². The van der Waals surface area contributed by atoms with Crippen LogP contribution in [0.3, 0.4) is 0 Å². The van der Waals surface area contributed by atoms with Gasteiger partial charge in [0.25, 0.3) is 5.91 Å². The molecule has 0 unspecified atom stereocenters. The van der Waals surface area contributed by atoms with Crippen molar-refractivity contribution in [3.63, 3.8) is 0 Å². The van der Waals surface area contributed by atoms with E-state index in [9.17, 15) is 9.59 Å². The fraction of sp³-hybridized carbons (Fsp3) is 0.368. The van der Waals surface area contributed by atoms with Gasteiger partial charge in [-0.1, -0.05) is 12.1 Å². The molecule has 0 spiro atoms. The number of carbonyl (C=O) groups is 1. The van der Waals surface area contributed by atoms with Crippen LogP contribution in [0.4, 0.5) is 0 Å². The largest absolute Gasteiger partial charge is 0.493 e. The van der Waals surface area contributed by atoms with E-state index in [-0.39, 0.29) is 5.91 Å². The number of rotatable bonds is 2. The number of carbonyl (C=O) groups excluding carboxylic acids is 1. The van der Waals surface area contributed by atoms with Crippen molar-refractivity contribution in [1.82, 2.24) is 4.90 Å². The second-order valence-corrected chi connectivity index (χ2v) is 6.06. The smallest absolute Gasteiger partial charge is 0.336 e. The first kappa shape index (κ1) is 17.1. The van der Waals surface area contributed by atoms with Gasteiger partial charge >= 0.3 is 5.63 Å². The molecule has 1 aliphatic heterocycles. The summed E-state index contributed by atoms with van der Waals surface area (Å²) >= 11 is 0. The summed E-state index contributed by atoms with van der Waals surface area (Å²) in [6, 6.07) is 6.99. The summed E-state index contributed by atoms with van der Waals surface area (Å²) in [5.74, 6) is 1.54. The zero-order chi connectivity index (χ0) is 18.0. The molecule has 0 atom stereocenters. The number of hydrogen-bond donors (Lipinski definition) is 0. The number of fused-ring (bicyclic) bond motifs is 1. The number of nitrogens with zero attached hydrogens (tertiary/aromatic N) is 1. The van der Waals surface area contributed by atoms with Crippen molar-refractivity contribution in [2.75, 3.05) is 20.3 Å². The number of methoxy groups -OCH3 is 1. The van der Waals surface area contributed by atoms with Crippen LogP contribution >= 0.6 is 0 Å². The maximum atomic E-state index is 13.1. The van der Waals surface area contributed by atoms with Crippen LogP contribution in [-0.2, 0) is 6.54 Å². The molecular formula is C19H21NO5. The number of benzene rings is 1. The van der Waals surface area contributed by atoms with Gasteiger partial charge in [-0.25, -0.2) is 4.79 Å².